The van der Waals surface area contributed by atoms with Crippen LogP contribution < -0.4 is 9.80 Å². The van der Waals surface area contributed by atoms with Gasteiger partial charge in [-0.1, -0.05) is 191 Å². The number of anilines is 6. The van der Waals surface area contributed by atoms with Crippen LogP contribution in [-0.4, -0.2) is 0 Å². The molecule has 11 aromatic rings. The van der Waals surface area contributed by atoms with Crippen LogP contribution >= 0.6 is 0 Å². The van der Waals surface area contributed by atoms with Crippen LogP contribution in [0, 0.1) is 0 Å². The van der Waals surface area contributed by atoms with Gasteiger partial charge in [0.25, 0.3) is 0 Å². The van der Waals surface area contributed by atoms with Crippen molar-refractivity contribution < 1.29 is 0 Å². The minimum Gasteiger partial charge on any atom is -0.310 e. The highest BCUT2D eigenvalue weighted by atomic mass is 15.1. The van der Waals surface area contributed by atoms with E-state index in [-0.39, 0.29) is 10.8 Å². The average Bonchev–Trinajstić information content (AvgIpc) is 3.75. The highest BCUT2D eigenvalue weighted by Gasteiger charge is 2.37. The summed E-state index contributed by atoms with van der Waals surface area (Å²) in [6.07, 6.45) is 0. The van der Waals surface area contributed by atoms with E-state index in [1.165, 1.54) is 88.0 Å². The number of rotatable bonds is 7. The Balaban J connectivity index is 0.933. The molecule has 0 fully saturated rings. The number of benzene rings is 11. The molecule has 0 amide bonds. The van der Waals surface area contributed by atoms with Crippen molar-refractivity contribution >= 4 is 66.4 Å². The zero-order chi connectivity index (χ0) is 45.7. The maximum Gasteiger partial charge on any atom is 0.0540 e. The van der Waals surface area contributed by atoms with Gasteiger partial charge < -0.3 is 9.80 Å². The van der Waals surface area contributed by atoms with Gasteiger partial charge in [-0.05, 0) is 149 Å². The summed E-state index contributed by atoms with van der Waals surface area (Å²) in [6, 6.07) is 85.7. The third-order valence-electron chi connectivity index (χ3n) is 15.2. The number of nitrogens with zero attached hydrogens (tertiary/aromatic N) is 2. The smallest absolute Gasteiger partial charge is 0.0540 e. The lowest BCUT2D eigenvalue weighted by Crippen LogP contribution is -2.16. The molecule has 2 aliphatic carbocycles. The second-order valence-corrected chi connectivity index (χ2v) is 19.8. The molecule has 2 heteroatoms. The Hall–Kier alpha value is -8.20. The lowest BCUT2D eigenvalue weighted by molar-refractivity contribution is 0.660. The minimum absolute atomic E-state index is 0.110. The molecule has 68 heavy (non-hydrogen) atoms. The Bertz CT molecular complexity index is 3820. The lowest BCUT2D eigenvalue weighted by atomic mass is 9.82. The van der Waals surface area contributed by atoms with Gasteiger partial charge in [-0.3, -0.25) is 0 Å². The van der Waals surface area contributed by atoms with Crippen LogP contribution in [0.5, 0.6) is 0 Å². The fraction of sp³-hybridized carbons (Fsp3) is 0.0909. The Kier molecular flexibility index (Phi) is 8.95. The molecule has 0 N–H and O–H groups in total. The predicted molar refractivity (Wildman–Crippen MR) is 289 cm³/mol. The maximum absolute atomic E-state index is 2.47. The van der Waals surface area contributed by atoms with Gasteiger partial charge in [0, 0.05) is 44.7 Å². The molecular formula is C66H50N2. The summed E-state index contributed by atoms with van der Waals surface area (Å²) in [4.78, 5) is 4.90. The van der Waals surface area contributed by atoms with Crippen LogP contribution in [0.1, 0.15) is 49.9 Å². The molecule has 0 saturated carbocycles. The summed E-state index contributed by atoms with van der Waals surface area (Å²) >= 11 is 0. The highest BCUT2D eigenvalue weighted by molar-refractivity contribution is 6.06. The van der Waals surface area contributed by atoms with Crippen LogP contribution in [0.15, 0.2) is 231 Å². The van der Waals surface area contributed by atoms with Crippen LogP contribution in [0.3, 0.4) is 0 Å². The van der Waals surface area contributed by atoms with Crippen molar-refractivity contribution in [2.75, 3.05) is 9.80 Å². The lowest BCUT2D eigenvalue weighted by Gasteiger charge is -2.29. The van der Waals surface area contributed by atoms with Gasteiger partial charge in [-0.2, -0.15) is 0 Å². The summed E-state index contributed by atoms with van der Waals surface area (Å²) in [5.74, 6) is 0. The van der Waals surface area contributed by atoms with Crippen LogP contribution in [0.25, 0.3) is 65.7 Å². The Morgan fingerprint density at radius 1 is 0.265 bits per heavy atom. The monoisotopic (exact) mass is 870 g/mol. The average molecular weight is 871 g/mol. The summed E-state index contributed by atoms with van der Waals surface area (Å²) < 4.78 is 0. The topological polar surface area (TPSA) is 6.48 Å². The van der Waals surface area contributed by atoms with E-state index < -0.39 is 0 Å². The van der Waals surface area contributed by atoms with Gasteiger partial charge in [0.05, 0.1) is 5.69 Å². The molecule has 0 spiro atoms. The molecule has 13 rings (SSSR count). The first-order valence-corrected chi connectivity index (χ1v) is 23.9. The summed E-state index contributed by atoms with van der Waals surface area (Å²) in [5, 5.41) is 7.32. The molecule has 0 unspecified atom stereocenters. The fourth-order valence-electron chi connectivity index (χ4n) is 11.7. The zero-order valence-corrected chi connectivity index (χ0v) is 38.8. The molecule has 324 valence electrons. The van der Waals surface area contributed by atoms with E-state index in [0.29, 0.717) is 0 Å². The summed E-state index contributed by atoms with van der Waals surface area (Å²) in [5.41, 5.74) is 19.8. The van der Waals surface area contributed by atoms with Gasteiger partial charge in [-0.25, -0.2) is 0 Å². The fourth-order valence-corrected chi connectivity index (χ4v) is 11.7. The molecule has 0 saturated heterocycles. The first kappa shape index (κ1) is 40.1. The number of fused-ring (bicyclic) bond motifs is 9. The Morgan fingerprint density at radius 3 is 1.26 bits per heavy atom. The second-order valence-electron chi connectivity index (χ2n) is 19.8. The maximum atomic E-state index is 2.47. The van der Waals surface area contributed by atoms with Crippen LogP contribution in [0.4, 0.5) is 34.1 Å². The molecule has 2 nitrogen and oxygen atoms in total. The van der Waals surface area contributed by atoms with Crippen molar-refractivity contribution in [2.45, 2.75) is 38.5 Å². The van der Waals surface area contributed by atoms with Gasteiger partial charge >= 0.3 is 0 Å². The van der Waals surface area contributed by atoms with Crippen molar-refractivity contribution in [3.05, 3.63) is 253 Å². The SMILES string of the molecule is CC1(C)c2ccccc2-c2ccc(N(c3ccc(-c4cccc5c(N(c6ccc7c(c6)C(C)(C)c6ccccc6-7)c6ccc7ccccc7c6)cccc45)cc3)c3ccc4ccccc4c3)cc21. The molecule has 2 aliphatic rings. The first-order chi connectivity index (χ1) is 33.2. The van der Waals surface area contributed by atoms with E-state index in [1.807, 2.05) is 0 Å². The van der Waals surface area contributed by atoms with E-state index in [1.54, 1.807) is 0 Å². The molecule has 0 radical (unpaired) electrons. The van der Waals surface area contributed by atoms with Gasteiger partial charge in [0.2, 0.25) is 0 Å². The van der Waals surface area contributed by atoms with E-state index in [4.69, 9.17) is 0 Å². The molecule has 0 atom stereocenters. The third kappa shape index (κ3) is 6.17. The number of hydrogen-bond acceptors (Lipinski definition) is 2. The largest absolute Gasteiger partial charge is 0.310 e. The predicted octanol–water partition coefficient (Wildman–Crippen LogP) is 18.4. The molecule has 0 bridgehead atoms. The molecule has 0 aliphatic heterocycles. The van der Waals surface area contributed by atoms with Crippen LogP contribution in [-0.2, 0) is 10.8 Å². The van der Waals surface area contributed by atoms with E-state index in [2.05, 4.69) is 268 Å². The molecule has 11 aromatic carbocycles. The van der Waals surface area contributed by atoms with E-state index in [0.717, 1.165) is 34.1 Å². The van der Waals surface area contributed by atoms with Crippen molar-refractivity contribution in [1.29, 1.82) is 0 Å². The standard InChI is InChI=1S/C66H50N2/c1-65(2)60-24-11-9-19-55(60)57-37-35-51(41-62(57)65)67(49-33-27-43-15-5-7-17-46(43)39-49)48-31-29-45(30-32-48)53-21-13-23-59-54(53)22-14-26-64(59)68(50-34-28-44-16-6-8-18-47(44)40-50)52-36-38-58-56-20-10-12-25-61(56)66(3,4)63(58)42-52/h5-42H,1-4H3. The first-order valence-electron chi connectivity index (χ1n) is 23.9. The third-order valence-corrected chi connectivity index (χ3v) is 15.2. The summed E-state index contributed by atoms with van der Waals surface area (Å²) in [6.45, 7) is 9.45. The van der Waals surface area contributed by atoms with Gasteiger partial charge in [0.15, 0.2) is 0 Å². The summed E-state index contributed by atoms with van der Waals surface area (Å²) in [7, 11) is 0. The van der Waals surface area contributed by atoms with Crippen molar-refractivity contribution in [3.8, 4) is 33.4 Å². The minimum atomic E-state index is -0.123. The van der Waals surface area contributed by atoms with E-state index in [9.17, 15) is 0 Å². The molecule has 0 aromatic heterocycles. The number of hydrogen-bond donors (Lipinski definition) is 0. The Morgan fingerprint density at radius 2 is 0.676 bits per heavy atom. The Labute approximate surface area is 399 Å². The van der Waals surface area contributed by atoms with E-state index >= 15 is 0 Å². The van der Waals surface area contributed by atoms with Crippen molar-refractivity contribution in [3.63, 3.8) is 0 Å². The zero-order valence-electron chi connectivity index (χ0n) is 38.8. The second kappa shape index (κ2) is 15.2. The highest BCUT2D eigenvalue weighted by Crippen LogP contribution is 2.53. The van der Waals surface area contributed by atoms with Gasteiger partial charge in [-0.15, -0.1) is 0 Å². The van der Waals surface area contributed by atoms with Gasteiger partial charge in [0.1, 0.15) is 0 Å². The quantitative estimate of drug-likeness (QED) is 0.157. The van der Waals surface area contributed by atoms with Crippen molar-refractivity contribution in [1.82, 2.24) is 0 Å². The normalized spacial score (nSPS) is 13.8. The molecule has 0 heterocycles. The molecular weight excluding hydrogens is 821 g/mol. The van der Waals surface area contributed by atoms with Crippen LogP contribution in [0.2, 0.25) is 0 Å². The van der Waals surface area contributed by atoms with Crippen molar-refractivity contribution in [2.24, 2.45) is 0 Å².